The monoisotopic (exact) mass is 257 g/mol. The third-order valence-electron chi connectivity index (χ3n) is 2.76. The molecule has 0 aromatic rings. The number of ether oxygens (including phenoxy) is 2. The Balaban J connectivity index is 2.26. The van der Waals surface area contributed by atoms with Gasteiger partial charge in [0.15, 0.2) is 0 Å². The molecular formula is C13H23NO4. The maximum absolute atomic E-state index is 11.4. The van der Waals surface area contributed by atoms with Gasteiger partial charge >= 0.3 is 6.09 Å². The van der Waals surface area contributed by atoms with Crippen LogP contribution in [0.1, 0.15) is 33.6 Å². The van der Waals surface area contributed by atoms with Gasteiger partial charge in [0.1, 0.15) is 11.9 Å². The molecule has 0 saturated carbocycles. The lowest BCUT2D eigenvalue weighted by atomic mass is 9.95. The molecule has 1 N–H and O–H groups in total. The summed E-state index contributed by atoms with van der Waals surface area (Å²) >= 11 is 0. The molecule has 0 aromatic heterocycles. The highest BCUT2D eigenvalue weighted by atomic mass is 16.6. The molecule has 2 atom stereocenters. The average Bonchev–Trinajstić information content (AvgIpc) is 2.74. The molecule has 0 unspecified atom stereocenters. The van der Waals surface area contributed by atoms with Gasteiger partial charge in [-0.15, -0.1) is 0 Å². The first-order chi connectivity index (χ1) is 8.40. The van der Waals surface area contributed by atoms with Gasteiger partial charge in [0.25, 0.3) is 0 Å². The molecule has 1 aliphatic heterocycles. The number of alkyl carbamates (subject to hydrolysis) is 1. The van der Waals surface area contributed by atoms with E-state index >= 15 is 0 Å². The van der Waals surface area contributed by atoms with Gasteiger partial charge in [0, 0.05) is 25.7 Å². The van der Waals surface area contributed by atoms with Crippen molar-refractivity contribution in [2.75, 3.05) is 19.8 Å². The van der Waals surface area contributed by atoms with Crippen LogP contribution in [0.5, 0.6) is 0 Å². The summed E-state index contributed by atoms with van der Waals surface area (Å²) in [6.07, 6.45) is 2.18. The van der Waals surface area contributed by atoms with Gasteiger partial charge in [-0.2, -0.15) is 0 Å². The van der Waals surface area contributed by atoms with Gasteiger partial charge in [-0.25, -0.2) is 4.79 Å². The van der Waals surface area contributed by atoms with Crippen molar-refractivity contribution in [2.24, 2.45) is 11.8 Å². The Labute approximate surface area is 108 Å². The zero-order chi connectivity index (χ0) is 13.6. The minimum atomic E-state index is -0.514. The van der Waals surface area contributed by atoms with Crippen molar-refractivity contribution in [1.29, 1.82) is 0 Å². The molecule has 1 fully saturated rings. The van der Waals surface area contributed by atoms with E-state index < -0.39 is 11.7 Å². The zero-order valence-electron chi connectivity index (χ0n) is 11.4. The predicted molar refractivity (Wildman–Crippen MR) is 67.3 cm³/mol. The normalized spacial score (nSPS) is 21.4. The third-order valence-corrected chi connectivity index (χ3v) is 2.76. The highest BCUT2D eigenvalue weighted by Crippen LogP contribution is 2.20. The molecule has 0 bridgehead atoms. The molecule has 1 heterocycles. The number of carbonyl (C=O) groups excluding carboxylic acids is 2. The van der Waals surface area contributed by atoms with E-state index in [4.69, 9.17) is 9.47 Å². The summed E-state index contributed by atoms with van der Waals surface area (Å²) in [5.74, 6) is 0.268. The molecule has 18 heavy (non-hydrogen) atoms. The van der Waals surface area contributed by atoms with Gasteiger partial charge in [-0.05, 0) is 39.5 Å². The standard InChI is InChI=1S/C13H23NO4/c1-13(2,3)18-12(16)14-7-11(8-15)6-10-4-5-17-9-10/h8,10-11H,4-7,9H2,1-3H3,(H,14,16)/t10-,11+/m0/s1. The van der Waals surface area contributed by atoms with Crippen LogP contribution in [-0.4, -0.2) is 37.7 Å². The summed E-state index contributed by atoms with van der Waals surface area (Å²) in [5.41, 5.74) is -0.514. The fourth-order valence-corrected chi connectivity index (χ4v) is 1.91. The summed E-state index contributed by atoms with van der Waals surface area (Å²) in [5, 5.41) is 2.63. The first-order valence-corrected chi connectivity index (χ1v) is 6.40. The topological polar surface area (TPSA) is 64.6 Å². The Hall–Kier alpha value is -1.10. The van der Waals surface area contributed by atoms with Crippen molar-refractivity contribution in [1.82, 2.24) is 5.32 Å². The Morgan fingerprint density at radius 2 is 2.28 bits per heavy atom. The van der Waals surface area contributed by atoms with Gasteiger partial charge < -0.3 is 19.6 Å². The third kappa shape index (κ3) is 6.00. The van der Waals surface area contributed by atoms with E-state index in [0.717, 1.165) is 32.3 Å². The highest BCUT2D eigenvalue weighted by molar-refractivity contribution is 5.68. The van der Waals surface area contributed by atoms with Crippen LogP contribution < -0.4 is 5.32 Å². The number of hydrogen-bond acceptors (Lipinski definition) is 4. The summed E-state index contributed by atoms with van der Waals surface area (Å²) in [6.45, 7) is 7.24. The fourth-order valence-electron chi connectivity index (χ4n) is 1.91. The van der Waals surface area contributed by atoms with Crippen molar-refractivity contribution < 1.29 is 19.1 Å². The van der Waals surface area contributed by atoms with Crippen LogP contribution in [0.4, 0.5) is 4.79 Å². The lowest BCUT2D eigenvalue weighted by Gasteiger charge is -2.21. The molecule has 1 aliphatic rings. The summed E-state index contributed by atoms with van der Waals surface area (Å²) in [4.78, 5) is 22.4. The molecule has 0 aromatic carbocycles. The quantitative estimate of drug-likeness (QED) is 0.762. The lowest BCUT2D eigenvalue weighted by Crippen LogP contribution is -2.36. The van der Waals surface area contributed by atoms with E-state index in [2.05, 4.69) is 5.32 Å². The second-order valence-electron chi connectivity index (χ2n) is 5.74. The average molecular weight is 257 g/mol. The smallest absolute Gasteiger partial charge is 0.407 e. The van der Waals surface area contributed by atoms with Crippen LogP contribution in [0, 0.1) is 11.8 Å². The Morgan fingerprint density at radius 3 is 2.78 bits per heavy atom. The number of carbonyl (C=O) groups is 2. The first kappa shape index (κ1) is 15.0. The van der Waals surface area contributed by atoms with Crippen LogP contribution in [0.25, 0.3) is 0 Å². The number of nitrogens with one attached hydrogen (secondary N) is 1. The molecule has 5 nitrogen and oxygen atoms in total. The van der Waals surface area contributed by atoms with Crippen molar-refractivity contribution >= 4 is 12.4 Å². The van der Waals surface area contributed by atoms with E-state index in [-0.39, 0.29) is 5.92 Å². The first-order valence-electron chi connectivity index (χ1n) is 6.40. The zero-order valence-corrected chi connectivity index (χ0v) is 11.4. The number of aldehydes is 1. The molecular weight excluding hydrogens is 234 g/mol. The SMILES string of the molecule is CC(C)(C)OC(=O)NC[C@H](C=O)C[C@@H]1CCOC1. The Morgan fingerprint density at radius 1 is 1.56 bits per heavy atom. The van der Waals surface area contributed by atoms with Crippen LogP contribution in [0.2, 0.25) is 0 Å². The largest absolute Gasteiger partial charge is 0.444 e. The lowest BCUT2D eigenvalue weighted by molar-refractivity contribution is -0.111. The second-order valence-corrected chi connectivity index (χ2v) is 5.74. The van der Waals surface area contributed by atoms with Crippen LogP contribution in [-0.2, 0) is 14.3 Å². The predicted octanol–water partition coefficient (Wildman–Crippen LogP) is 1.75. The van der Waals surface area contributed by atoms with Crippen LogP contribution in [0.3, 0.4) is 0 Å². The second kappa shape index (κ2) is 6.73. The molecule has 0 aliphatic carbocycles. The van der Waals surface area contributed by atoms with E-state index in [1.165, 1.54) is 0 Å². The van der Waals surface area contributed by atoms with Crippen molar-refractivity contribution in [2.45, 2.75) is 39.2 Å². The Bertz CT molecular complexity index is 279. The van der Waals surface area contributed by atoms with Gasteiger partial charge in [0.2, 0.25) is 0 Å². The molecule has 1 saturated heterocycles. The minimum absolute atomic E-state index is 0.163. The molecule has 0 spiro atoms. The van der Waals surface area contributed by atoms with E-state index in [1.54, 1.807) is 20.8 Å². The molecule has 5 heteroatoms. The van der Waals surface area contributed by atoms with Gasteiger partial charge in [-0.1, -0.05) is 0 Å². The Kier molecular flexibility index (Phi) is 5.59. The molecule has 1 rings (SSSR count). The summed E-state index contributed by atoms with van der Waals surface area (Å²) < 4.78 is 10.4. The fraction of sp³-hybridized carbons (Fsp3) is 0.846. The van der Waals surface area contributed by atoms with E-state index in [0.29, 0.717) is 12.5 Å². The van der Waals surface area contributed by atoms with E-state index in [9.17, 15) is 9.59 Å². The highest BCUT2D eigenvalue weighted by Gasteiger charge is 2.22. The van der Waals surface area contributed by atoms with Crippen molar-refractivity contribution in [3.05, 3.63) is 0 Å². The number of rotatable bonds is 5. The van der Waals surface area contributed by atoms with Gasteiger partial charge in [-0.3, -0.25) is 0 Å². The number of amides is 1. The van der Waals surface area contributed by atoms with E-state index in [1.807, 2.05) is 0 Å². The maximum Gasteiger partial charge on any atom is 0.407 e. The summed E-state index contributed by atoms with van der Waals surface area (Å²) in [7, 11) is 0. The van der Waals surface area contributed by atoms with Crippen molar-refractivity contribution in [3.8, 4) is 0 Å². The summed E-state index contributed by atoms with van der Waals surface area (Å²) in [6, 6.07) is 0. The van der Waals surface area contributed by atoms with Crippen molar-refractivity contribution in [3.63, 3.8) is 0 Å². The minimum Gasteiger partial charge on any atom is -0.444 e. The molecule has 1 amide bonds. The maximum atomic E-state index is 11.4. The molecule has 0 radical (unpaired) electrons. The van der Waals surface area contributed by atoms with Gasteiger partial charge in [0.05, 0.1) is 0 Å². The van der Waals surface area contributed by atoms with Crippen LogP contribution >= 0.6 is 0 Å². The molecule has 104 valence electrons. The number of hydrogen-bond donors (Lipinski definition) is 1. The van der Waals surface area contributed by atoms with Crippen LogP contribution in [0.15, 0.2) is 0 Å².